The number of benzene rings is 2. The van der Waals surface area contributed by atoms with E-state index in [0.29, 0.717) is 6.54 Å². The number of carbonyl (C=O) groups is 1. The summed E-state index contributed by atoms with van der Waals surface area (Å²) in [6.07, 6.45) is 6.16. The topological polar surface area (TPSA) is 55.2 Å². The predicted molar refractivity (Wildman–Crippen MR) is 122 cm³/mol. The van der Waals surface area contributed by atoms with E-state index in [0.717, 1.165) is 45.9 Å². The van der Waals surface area contributed by atoms with Crippen molar-refractivity contribution in [2.24, 2.45) is 0 Å². The third kappa shape index (κ3) is 3.31. The van der Waals surface area contributed by atoms with E-state index in [1.165, 1.54) is 16.9 Å². The maximum atomic E-state index is 13.1. The largest absolute Gasteiger partial charge is 0.315 e. The molecule has 0 bridgehead atoms. The Kier molecular flexibility index (Phi) is 4.87. The lowest BCUT2D eigenvalue weighted by Gasteiger charge is -2.18. The molecule has 1 aliphatic carbocycles. The van der Waals surface area contributed by atoms with E-state index in [1.807, 2.05) is 36.4 Å². The standard InChI is InChI=1S/C24H23N3O2S/c1-26(18-11-10-16-6-2-3-7-17(16)14-18)21(28)12-13-27-15-25-23-22(24(27)29)19-8-4-5-9-20(19)30-23/h2-3,6-7,10-11,14-15H,4-5,8-9,12-13H2,1H3. The molecule has 4 aromatic rings. The summed E-state index contributed by atoms with van der Waals surface area (Å²) in [4.78, 5) is 34.2. The first kappa shape index (κ1) is 19.0. The molecule has 0 aliphatic heterocycles. The van der Waals surface area contributed by atoms with Gasteiger partial charge in [-0.15, -0.1) is 11.3 Å². The number of aromatic nitrogens is 2. The fraction of sp³-hybridized carbons (Fsp3) is 0.292. The molecule has 30 heavy (non-hydrogen) atoms. The monoisotopic (exact) mass is 417 g/mol. The molecule has 0 atom stereocenters. The minimum absolute atomic E-state index is 0.0134. The van der Waals surface area contributed by atoms with Crippen LogP contribution in [-0.2, 0) is 24.2 Å². The lowest BCUT2D eigenvalue weighted by atomic mass is 9.97. The Hall–Kier alpha value is -2.99. The van der Waals surface area contributed by atoms with Crippen LogP contribution in [0.25, 0.3) is 21.0 Å². The molecule has 0 N–H and O–H groups in total. The average molecular weight is 418 g/mol. The normalized spacial score (nSPS) is 13.5. The number of aryl methyl sites for hydroxylation is 3. The van der Waals surface area contributed by atoms with Crippen LogP contribution in [0.15, 0.2) is 53.6 Å². The Labute approximate surface area is 178 Å². The number of anilines is 1. The van der Waals surface area contributed by atoms with Crippen LogP contribution in [0.3, 0.4) is 0 Å². The first-order valence-electron chi connectivity index (χ1n) is 10.4. The first-order valence-corrected chi connectivity index (χ1v) is 11.2. The van der Waals surface area contributed by atoms with E-state index < -0.39 is 0 Å². The number of amides is 1. The van der Waals surface area contributed by atoms with Crippen molar-refractivity contribution in [1.82, 2.24) is 9.55 Å². The number of hydrogen-bond donors (Lipinski definition) is 0. The highest BCUT2D eigenvalue weighted by Gasteiger charge is 2.20. The van der Waals surface area contributed by atoms with Crippen LogP contribution in [0.5, 0.6) is 0 Å². The minimum atomic E-state index is -0.0235. The predicted octanol–water partition coefficient (Wildman–Crippen LogP) is 4.54. The van der Waals surface area contributed by atoms with E-state index in [2.05, 4.69) is 11.1 Å². The third-order valence-electron chi connectivity index (χ3n) is 6.00. The van der Waals surface area contributed by atoms with Crippen LogP contribution < -0.4 is 10.5 Å². The highest BCUT2D eigenvalue weighted by molar-refractivity contribution is 7.18. The Balaban J connectivity index is 1.36. The van der Waals surface area contributed by atoms with E-state index in [1.54, 1.807) is 34.2 Å². The van der Waals surface area contributed by atoms with Gasteiger partial charge >= 0.3 is 0 Å². The summed E-state index contributed by atoms with van der Waals surface area (Å²) in [5.74, 6) is -0.0235. The molecule has 5 nitrogen and oxygen atoms in total. The van der Waals surface area contributed by atoms with Crippen LogP contribution in [0.4, 0.5) is 5.69 Å². The van der Waals surface area contributed by atoms with Crippen molar-refractivity contribution in [3.8, 4) is 0 Å². The van der Waals surface area contributed by atoms with Crippen molar-refractivity contribution in [1.29, 1.82) is 0 Å². The molecule has 0 fully saturated rings. The molecular formula is C24H23N3O2S. The maximum Gasteiger partial charge on any atom is 0.262 e. The number of nitrogens with zero attached hydrogens (tertiary/aromatic N) is 3. The molecule has 0 unspecified atom stereocenters. The highest BCUT2D eigenvalue weighted by Crippen LogP contribution is 2.33. The summed E-state index contributed by atoms with van der Waals surface area (Å²) in [5, 5.41) is 3.02. The number of fused-ring (bicyclic) bond motifs is 4. The van der Waals surface area contributed by atoms with Gasteiger partial charge in [0.1, 0.15) is 4.83 Å². The molecule has 152 valence electrons. The summed E-state index contributed by atoms with van der Waals surface area (Å²) in [6, 6.07) is 14.1. The maximum absolute atomic E-state index is 13.1. The van der Waals surface area contributed by atoms with Crippen molar-refractivity contribution in [3.63, 3.8) is 0 Å². The molecule has 2 aromatic heterocycles. The molecule has 1 amide bonds. The smallest absolute Gasteiger partial charge is 0.262 e. The van der Waals surface area contributed by atoms with E-state index in [4.69, 9.17) is 0 Å². The Morgan fingerprint density at radius 3 is 2.80 bits per heavy atom. The van der Waals surface area contributed by atoms with Gasteiger partial charge in [-0.05, 0) is 54.2 Å². The second-order valence-electron chi connectivity index (χ2n) is 7.87. The van der Waals surface area contributed by atoms with Gasteiger partial charge < -0.3 is 4.90 Å². The lowest BCUT2D eigenvalue weighted by Crippen LogP contribution is -2.29. The summed E-state index contributed by atoms with van der Waals surface area (Å²) in [6.45, 7) is 0.336. The zero-order valence-corrected chi connectivity index (χ0v) is 17.7. The zero-order chi connectivity index (χ0) is 20.7. The molecule has 0 saturated carbocycles. The summed E-state index contributed by atoms with van der Waals surface area (Å²) >= 11 is 1.65. The van der Waals surface area contributed by atoms with Gasteiger partial charge in [-0.25, -0.2) is 4.98 Å². The Bertz CT molecular complexity index is 1320. The van der Waals surface area contributed by atoms with Crippen LogP contribution in [0.1, 0.15) is 29.7 Å². The fourth-order valence-electron chi connectivity index (χ4n) is 4.25. The van der Waals surface area contributed by atoms with Gasteiger partial charge in [-0.3, -0.25) is 14.2 Å². The van der Waals surface area contributed by atoms with E-state index >= 15 is 0 Å². The van der Waals surface area contributed by atoms with Gasteiger partial charge in [0.2, 0.25) is 5.91 Å². The quantitative estimate of drug-likeness (QED) is 0.490. The number of hydrogen-bond acceptors (Lipinski definition) is 4. The van der Waals surface area contributed by atoms with E-state index in [-0.39, 0.29) is 17.9 Å². The van der Waals surface area contributed by atoms with Crippen LogP contribution in [0, 0.1) is 0 Å². The number of carbonyl (C=O) groups excluding carboxylic acids is 1. The highest BCUT2D eigenvalue weighted by atomic mass is 32.1. The van der Waals surface area contributed by atoms with Gasteiger partial charge in [-0.2, -0.15) is 0 Å². The molecule has 5 rings (SSSR count). The minimum Gasteiger partial charge on any atom is -0.315 e. The summed E-state index contributed by atoms with van der Waals surface area (Å²) in [7, 11) is 1.78. The van der Waals surface area contributed by atoms with Crippen molar-refractivity contribution in [2.45, 2.75) is 38.6 Å². The lowest BCUT2D eigenvalue weighted by molar-refractivity contribution is -0.118. The molecule has 1 aliphatic rings. The average Bonchev–Trinajstić information content (AvgIpc) is 3.17. The second kappa shape index (κ2) is 7.69. The summed E-state index contributed by atoms with van der Waals surface area (Å²) < 4.78 is 1.59. The molecular weight excluding hydrogens is 394 g/mol. The molecule has 0 saturated heterocycles. The first-order chi connectivity index (χ1) is 14.6. The van der Waals surface area contributed by atoms with Crippen LogP contribution in [-0.4, -0.2) is 22.5 Å². The number of thiophene rings is 1. The van der Waals surface area contributed by atoms with Gasteiger partial charge in [0.05, 0.1) is 11.7 Å². The van der Waals surface area contributed by atoms with Crippen molar-refractivity contribution < 1.29 is 4.79 Å². The molecule has 2 heterocycles. The Morgan fingerprint density at radius 1 is 1.13 bits per heavy atom. The molecule has 0 radical (unpaired) electrons. The summed E-state index contributed by atoms with van der Waals surface area (Å²) in [5.41, 5.74) is 2.03. The van der Waals surface area contributed by atoms with E-state index in [9.17, 15) is 9.59 Å². The van der Waals surface area contributed by atoms with Crippen LogP contribution in [0.2, 0.25) is 0 Å². The number of rotatable bonds is 4. The molecule has 0 spiro atoms. The van der Waals surface area contributed by atoms with Crippen molar-refractivity contribution >= 4 is 43.9 Å². The van der Waals surface area contributed by atoms with Crippen LogP contribution >= 0.6 is 11.3 Å². The molecule has 6 heteroatoms. The van der Waals surface area contributed by atoms with Gasteiger partial charge in [0.25, 0.3) is 5.56 Å². The zero-order valence-electron chi connectivity index (χ0n) is 16.9. The molecule has 2 aromatic carbocycles. The third-order valence-corrected chi connectivity index (χ3v) is 7.20. The van der Waals surface area contributed by atoms with Gasteiger partial charge in [0.15, 0.2) is 0 Å². The second-order valence-corrected chi connectivity index (χ2v) is 8.95. The SMILES string of the molecule is CN(C(=O)CCn1cnc2sc3c(c2c1=O)CCCC3)c1ccc2ccccc2c1. The fourth-order valence-corrected chi connectivity index (χ4v) is 5.47. The van der Waals surface area contributed by atoms with Gasteiger partial charge in [0, 0.05) is 30.6 Å². The Morgan fingerprint density at radius 2 is 1.93 bits per heavy atom. The van der Waals surface area contributed by atoms with Crippen molar-refractivity contribution in [2.75, 3.05) is 11.9 Å². The van der Waals surface area contributed by atoms with Crippen molar-refractivity contribution in [3.05, 3.63) is 69.6 Å². The van der Waals surface area contributed by atoms with Gasteiger partial charge in [-0.1, -0.05) is 30.3 Å².